The molecule has 1 aromatic rings. The number of piperidine rings is 1. The Bertz CT molecular complexity index is 513. The largest absolute Gasteiger partial charge is 0.450 e. The van der Waals surface area contributed by atoms with E-state index >= 15 is 0 Å². The second-order valence-electron chi connectivity index (χ2n) is 4.94. The SMILES string of the molecule is CCOC(=O)N1CCC(NC(=O)c2cccc(F)c2)CC1. The first kappa shape index (κ1) is 15.3. The number of halogens is 1. The van der Waals surface area contributed by atoms with E-state index in [1.165, 1.54) is 18.2 Å². The molecule has 0 spiro atoms. The number of carbonyl (C=O) groups is 2. The number of benzene rings is 1. The van der Waals surface area contributed by atoms with Crippen molar-refractivity contribution in [3.8, 4) is 0 Å². The van der Waals surface area contributed by atoms with E-state index in [0.717, 1.165) is 0 Å². The van der Waals surface area contributed by atoms with E-state index in [-0.39, 0.29) is 18.0 Å². The van der Waals surface area contributed by atoms with Gasteiger partial charge in [0.05, 0.1) is 6.61 Å². The van der Waals surface area contributed by atoms with Gasteiger partial charge in [0.15, 0.2) is 0 Å². The molecule has 21 heavy (non-hydrogen) atoms. The van der Waals surface area contributed by atoms with Crippen LogP contribution in [0.1, 0.15) is 30.1 Å². The number of nitrogens with zero attached hydrogens (tertiary/aromatic N) is 1. The van der Waals surface area contributed by atoms with Crippen molar-refractivity contribution >= 4 is 12.0 Å². The molecule has 0 unspecified atom stereocenters. The Morgan fingerprint density at radius 2 is 2.10 bits per heavy atom. The number of hydrogen-bond acceptors (Lipinski definition) is 3. The van der Waals surface area contributed by atoms with Crippen LogP contribution >= 0.6 is 0 Å². The van der Waals surface area contributed by atoms with Gasteiger partial charge in [-0.3, -0.25) is 4.79 Å². The zero-order valence-corrected chi connectivity index (χ0v) is 12.0. The van der Waals surface area contributed by atoms with E-state index < -0.39 is 5.82 Å². The Labute approximate surface area is 123 Å². The van der Waals surface area contributed by atoms with Crippen LogP contribution in [0.2, 0.25) is 0 Å². The second kappa shape index (κ2) is 7.06. The molecule has 2 amide bonds. The monoisotopic (exact) mass is 294 g/mol. The lowest BCUT2D eigenvalue weighted by molar-refractivity contribution is 0.0859. The third-order valence-corrected chi connectivity index (χ3v) is 3.44. The lowest BCUT2D eigenvalue weighted by atomic mass is 10.0. The van der Waals surface area contributed by atoms with E-state index in [1.54, 1.807) is 17.9 Å². The van der Waals surface area contributed by atoms with Gasteiger partial charge in [-0.05, 0) is 38.0 Å². The van der Waals surface area contributed by atoms with Crippen LogP contribution in [0.5, 0.6) is 0 Å². The van der Waals surface area contributed by atoms with Crippen molar-refractivity contribution in [2.24, 2.45) is 0 Å². The molecule has 0 atom stereocenters. The number of amides is 2. The first-order valence-corrected chi connectivity index (χ1v) is 7.08. The fourth-order valence-electron chi connectivity index (χ4n) is 2.32. The zero-order valence-electron chi connectivity index (χ0n) is 12.0. The van der Waals surface area contributed by atoms with Crippen LogP contribution in [0, 0.1) is 5.82 Å². The Hall–Kier alpha value is -2.11. The molecule has 2 rings (SSSR count). The standard InChI is InChI=1S/C15H19FN2O3/c1-2-21-15(20)18-8-6-13(7-9-18)17-14(19)11-4-3-5-12(16)10-11/h3-5,10,13H,2,6-9H2,1H3,(H,17,19). The maximum Gasteiger partial charge on any atom is 0.409 e. The summed E-state index contributed by atoms with van der Waals surface area (Å²) < 4.78 is 18.0. The lowest BCUT2D eigenvalue weighted by Crippen LogP contribution is -2.46. The summed E-state index contributed by atoms with van der Waals surface area (Å²) in [5.74, 6) is -0.719. The molecule has 0 radical (unpaired) electrons. The van der Waals surface area contributed by atoms with Gasteiger partial charge in [-0.15, -0.1) is 0 Å². The van der Waals surface area contributed by atoms with Gasteiger partial charge in [0.25, 0.3) is 5.91 Å². The van der Waals surface area contributed by atoms with Gasteiger partial charge in [0.1, 0.15) is 5.82 Å². The molecular weight excluding hydrogens is 275 g/mol. The summed E-state index contributed by atoms with van der Waals surface area (Å²) in [5.41, 5.74) is 0.308. The molecule has 1 fully saturated rings. The van der Waals surface area contributed by atoms with Crippen LogP contribution in [0.4, 0.5) is 9.18 Å². The average molecular weight is 294 g/mol. The highest BCUT2D eigenvalue weighted by Gasteiger charge is 2.24. The summed E-state index contributed by atoms with van der Waals surface area (Å²) in [6, 6.07) is 5.59. The highest BCUT2D eigenvalue weighted by Crippen LogP contribution is 2.12. The third-order valence-electron chi connectivity index (χ3n) is 3.44. The first-order chi connectivity index (χ1) is 10.1. The minimum Gasteiger partial charge on any atom is -0.450 e. The molecule has 1 N–H and O–H groups in total. The maximum absolute atomic E-state index is 13.1. The molecule has 1 saturated heterocycles. The summed E-state index contributed by atoms with van der Waals surface area (Å²) in [4.78, 5) is 25.2. The van der Waals surface area contributed by atoms with Gasteiger partial charge < -0.3 is 15.0 Å². The van der Waals surface area contributed by atoms with Gasteiger partial charge in [-0.1, -0.05) is 6.07 Å². The fraction of sp³-hybridized carbons (Fsp3) is 0.467. The molecule has 1 aromatic carbocycles. The number of hydrogen-bond donors (Lipinski definition) is 1. The van der Waals surface area contributed by atoms with Gasteiger partial charge in [-0.2, -0.15) is 0 Å². The molecular formula is C15H19FN2O3. The number of ether oxygens (including phenoxy) is 1. The minimum atomic E-state index is -0.431. The van der Waals surface area contributed by atoms with Crippen molar-refractivity contribution < 1.29 is 18.7 Å². The summed E-state index contributed by atoms with van der Waals surface area (Å²) in [6.07, 6.45) is 1.02. The molecule has 5 nitrogen and oxygen atoms in total. The highest BCUT2D eigenvalue weighted by molar-refractivity contribution is 5.94. The average Bonchev–Trinajstić information content (AvgIpc) is 2.48. The normalized spacial score (nSPS) is 15.6. The van der Waals surface area contributed by atoms with Gasteiger partial charge >= 0.3 is 6.09 Å². The van der Waals surface area contributed by atoms with Crippen molar-refractivity contribution in [2.75, 3.05) is 19.7 Å². The fourth-order valence-corrected chi connectivity index (χ4v) is 2.32. The predicted octanol–water partition coefficient (Wildman–Crippen LogP) is 2.18. The predicted molar refractivity (Wildman–Crippen MR) is 75.5 cm³/mol. The molecule has 0 saturated carbocycles. The lowest BCUT2D eigenvalue weighted by Gasteiger charge is -2.31. The van der Waals surface area contributed by atoms with E-state index in [1.807, 2.05) is 0 Å². The highest BCUT2D eigenvalue weighted by atomic mass is 19.1. The van der Waals surface area contributed by atoms with Crippen molar-refractivity contribution in [2.45, 2.75) is 25.8 Å². The zero-order chi connectivity index (χ0) is 15.2. The number of likely N-dealkylation sites (tertiary alicyclic amines) is 1. The van der Waals surface area contributed by atoms with Crippen molar-refractivity contribution in [3.63, 3.8) is 0 Å². The van der Waals surface area contributed by atoms with Crippen LogP contribution in [-0.2, 0) is 4.74 Å². The van der Waals surface area contributed by atoms with E-state index in [9.17, 15) is 14.0 Å². The van der Waals surface area contributed by atoms with Crippen LogP contribution in [0.25, 0.3) is 0 Å². The molecule has 0 aliphatic carbocycles. The Kier molecular flexibility index (Phi) is 5.14. The van der Waals surface area contributed by atoms with Gasteiger partial charge in [0.2, 0.25) is 0 Å². The molecule has 1 heterocycles. The summed E-state index contributed by atoms with van der Waals surface area (Å²) in [6.45, 7) is 3.22. The minimum absolute atomic E-state index is 0.00792. The van der Waals surface area contributed by atoms with Crippen LogP contribution < -0.4 is 5.32 Å². The number of carbonyl (C=O) groups excluding carboxylic acids is 2. The molecule has 0 bridgehead atoms. The quantitative estimate of drug-likeness (QED) is 0.929. The van der Waals surface area contributed by atoms with E-state index in [4.69, 9.17) is 4.74 Å². The molecule has 1 aliphatic heterocycles. The summed E-state index contributed by atoms with van der Waals surface area (Å²) >= 11 is 0. The molecule has 114 valence electrons. The van der Waals surface area contributed by atoms with Crippen molar-refractivity contribution in [3.05, 3.63) is 35.6 Å². The maximum atomic E-state index is 13.1. The molecule has 6 heteroatoms. The van der Waals surface area contributed by atoms with Crippen molar-refractivity contribution in [1.82, 2.24) is 10.2 Å². The number of rotatable bonds is 3. The Morgan fingerprint density at radius 1 is 1.38 bits per heavy atom. The smallest absolute Gasteiger partial charge is 0.409 e. The Balaban J connectivity index is 1.83. The number of nitrogens with one attached hydrogen (secondary N) is 1. The van der Waals surface area contributed by atoms with Gasteiger partial charge in [0, 0.05) is 24.7 Å². The summed E-state index contributed by atoms with van der Waals surface area (Å²) in [5, 5.41) is 2.87. The second-order valence-corrected chi connectivity index (χ2v) is 4.94. The van der Waals surface area contributed by atoms with Crippen LogP contribution in [0.3, 0.4) is 0 Å². The molecule has 1 aliphatic rings. The van der Waals surface area contributed by atoms with Gasteiger partial charge in [-0.25, -0.2) is 9.18 Å². The Morgan fingerprint density at radius 3 is 2.71 bits per heavy atom. The van der Waals surface area contributed by atoms with Crippen LogP contribution in [-0.4, -0.2) is 42.6 Å². The third kappa shape index (κ3) is 4.18. The first-order valence-electron chi connectivity index (χ1n) is 7.08. The van der Waals surface area contributed by atoms with E-state index in [0.29, 0.717) is 38.1 Å². The van der Waals surface area contributed by atoms with Crippen molar-refractivity contribution in [1.29, 1.82) is 0 Å². The van der Waals surface area contributed by atoms with E-state index in [2.05, 4.69) is 5.32 Å². The topological polar surface area (TPSA) is 58.6 Å². The molecule has 0 aromatic heterocycles. The summed E-state index contributed by atoms with van der Waals surface area (Å²) in [7, 11) is 0. The van der Waals surface area contributed by atoms with Crippen LogP contribution in [0.15, 0.2) is 24.3 Å².